The molecule has 0 N–H and O–H groups in total. The Kier molecular flexibility index (Phi) is 8.87. The number of rotatable bonds is 7. The zero-order valence-corrected chi connectivity index (χ0v) is 31.3. The lowest BCUT2D eigenvalue weighted by molar-refractivity contribution is 0.900. The van der Waals surface area contributed by atoms with Crippen LogP contribution in [0.3, 0.4) is 0 Å². The van der Waals surface area contributed by atoms with Gasteiger partial charge in [0.25, 0.3) is 0 Å². The Labute approximate surface area is 331 Å². The summed E-state index contributed by atoms with van der Waals surface area (Å²) >= 11 is 1.84. The van der Waals surface area contributed by atoms with E-state index in [0.29, 0.717) is 17.5 Å². The van der Waals surface area contributed by atoms with Crippen molar-refractivity contribution < 1.29 is 0 Å². The third-order valence-corrected chi connectivity index (χ3v) is 11.6. The van der Waals surface area contributed by atoms with E-state index in [1.807, 2.05) is 48.2 Å². The van der Waals surface area contributed by atoms with Crippen LogP contribution in [-0.4, -0.2) is 15.0 Å². The summed E-state index contributed by atoms with van der Waals surface area (Å²) in [5.41, 5.74) is 13.5. The van der Waals surface area contributed by atoms with Gasteiger partial charge in [0.2, 0.25) is 0 Å². The average Bonchev–Trinajstić information content (AvgIpc) is 3.29. The second kappa shape index (κ2) is 14.7. The molecule has 8 aromatic carbocycles. The highest BCUT2D eigenvalue weighted by Gasteiger charge is 2.30. The maximum Gasteiger partial charge on any atom is 0.164 e. The largest absolute Gasteiger partial charge is 0.208 e. The van der Waals surface area contributed by atoms with Crippen LogP contribution in [0.25, 0.3) is 67.5 Å². The van der Waals surface area contributed by atoms with E-state index in [-0.39, 0.29) is 5.92 Å². The lowest BCUT2D eigenvalue weighted by Gasteiger charge is -2.30. The third kappa shape index (κ3) is 6.51. The van der Waals surface area contributed by atoms with Gasteiger partial charge in [-0.2, -0.15) is 0 Å². The van der Waals surface area contributed by atoms with E-state index in [1.165, 1.54) is 32.0 Å². The van der Waals surface area contributed by atoms with Gasteiger partial charge in [0.1, 0.15) is 0 Å². The molecule has 0 aliphatic carbocycles. The summed E-state index contributed by atoms with van der Waals surface area (Å²) < 4.78 is 0. The molecule has 264 valence electrons. The predicted octanol–water partition coefficient (Wildman–Crippen LogP) is 13.5. The molecule has 1 aromatic heterocycles. The van der Waals surface area contributed by atoms with Gasteiger partial charge < -0.3 is 0 Å². The quantitative estimate of drug-likeness (QED) is 0.163. The molecule has 0 atom stereocenters. The lowest BCUT2D eigenvalue weighted by atomic mass is 9.81. The Balaban J connectivity index is 1.25. The molecular weight excluding hydrogens is 699 g/mol. The van der Waals surface area contributed by atoms with Gasteiger partial charge in [-0.05, 0) is 86.5 Å². The number of hydrogen-bond donors (Lipinski definition) is 0. The van der Waals surface area contributed by atoms with Crippen molar-refractivity contribution in [1.29, 1.82) is 0 Å². The first-order valence-corrected chi connectivity index (χ1v) is 19.7. The molecule has 0 radical (unpaired) electrons. The molecule has 0 bridgehead atoms. The molecule has 1 aliphatic rings. The third-order valence-electron chi connectivity index (χ3n) is 10.5. The highest BCUT2D eigenvalue weighted by Crippen LogP contribution is 2.50. The monoisotopic (exact) mass is 733 g/mol. The summed E-state index contributed by atoms with van der Waals surface area (Å²) in [6, 6.07) is 73.1. The van der Waals surface area contributed by atoms with Gasteiger partial charge in [-0.3, -0.25) is 0 Å². The maximum atomic E-state index is 5.30. The van der Waals surface area contributed by atoms with Crippen LogP contribution in [0.15, 0.2) is 216 Å². The predicted molar refractivity (Wildman–Crippen MR) is 230 cm³/mol. The first-order valence-electron chi connectivity index (χ1n) is 18.9. The van der Waals surface area contributed by atoms with Crippen LogP contribution in [0.4, 0.5) is 0 Å². The minimum atomic E-state index is -0.0275. The van der Waals surface area contributed by atoms with E-state index in [2.05, 4.69) is 170 Å². The molecule has 10 rings (SSSR count). The summed E-state index contributed by atoms with van der Waals surface area (Å²) in [7, 11) is 0. The molecule has 0 saturated heterocycles. The van der Waals surface area contributed by atoms with Crippen molar-refractivity contribution in [1.82, 2.24) is 15.0 Å². The Morgan fingerprint density at radius 3 is 1.16 bits per heavy atom. The van der Waals surface area contributed by atoms with E-state index in [4.69, 9.17) is 15.0 Å². The van der Waals surface area contributed by atoms with Crippen molar-refractivity contribution in [3.05, 3.63) is 223 Å². The molecule has 1 aliphatic heterocycles. The SMILES string of the molecule is c1ccc(-c2cc(-c3ccccc3)cc(-c3ccc(C4c5ccccc5Sc5ccccc54)c(-c4nc(-c5ccccc5)nc(-c5ccccc5)n4)c3)c2)cc1. The molecule has 0 spiro atoms. The molecule has 2 heterocycles. The first-order chi connectivity index (χ1) is 27.7. The van der Waals surface area contributed by atoms with E-state index in [0.717, 1.165) is 44.5 Å². The fourth-order valence-electron chi connectivity index (χ4n) is 7.74. The fraction of sp³-hybridized carbons (Fsp3) is 0.0192. The average molecular weight is 734 g/mol. The molecule has 56 heavy (non-hydrogen) atoms. The Morgan fingerprint density at radius 1 is 0.286 bits per heavy atom. The second-order valence-corrected chi connectivity index (χ2v) is 15.1. The molecule has 3 nitrogen and oxygen atoms in total. The van der Waals surface area contributed by atoms with E-state index >= 15 is 0 Å². The number of fused-ring (bicyclic) bond motifs is 2. The summed E-state index contributed by atoms with van der Waals surface area (Å²) in [6.45, 7) is 0. The number of aromatic nitrogens is 3. The van der Waals surface area contributed by atoms with Gasteiger partial charge in [-0.15, -0.1) is 0 Å². The second-order valence-electron chi connectivity index (χ2n) is 14.0. The minimum absolute atomic E-state index is 0.0275. The van der Waals surface area contributed by atoms with Gasteiger partial charge in [0, 0.05) is 32.4 Å². The Morgan fingerprint density at radius 2 is 0.679 bits per heavy atom. The molecule has 0 saturated carbocycles. The van der Waals surface area contributed by atoms with Crippen molar-refractivity contribution in [3.63, 3.8) is 0 Å². The van der Waals surface area contributed by atoms with Gasteiger partial charge >= 0.3 is 0 Å². The van der Waals surface area contributed by atoms with Crippen molar-refractivity contribution in [2.45, 2.75) is 15.7 Å². The van der Waals surface area contributed by atoms with Crippen molar-refractivity contribution in [2.75, 3.05) is 0 Å². The van der Waals surface area contributed by atoms with Crippen LogP contribution < -0.4 is 0 Å². The van der Waals surface area contributed by atoms with Crippen LogP contribution in [0.5, 0.6) is 0 Å². The summed E-state index contributed by atoms with van der Waals surface area (Å²) in [5, 5.41) is 0. The number of nitrogens with zero attached hydrogens (tertiary/aromatic N) is 3. The van der Waals surface area contributed by atoms with Crippen molar-refractivity contribution >= 4 is 11.8 Å². The molecule has 0 amide bonds. The van der Waals surface area contributed by atoms with E-state index in [9.17, 15) is 0 Å². The van der Waals surface area contributed by atoms with Gasteiger partial charge in [0.15, 0.2) is 17.5 Å². The Hall–Kier alpha value is -6.88. The van der Waals surface area contributed by atoms with Gasteiger partial charge in [-0.1, -0.05) is 182 Å². The molecule has 9 aromatic rings. The summed E-state index contributed by atoms with van der Waals surface area (Å²) in [6.07, 6.45) is 0. The normalized spacial score (nSPS) is 12.1. The molecule has 4 heteroatoms. The molecule has 0 unspecified atom stereocenters. The Bertz CT molecular complexity index is 2660. The molecular formula is C52H35N3S. The zero-order valence-electron chi connectivity index (χ0n) is 30.5. The van der Waals surface area contributed by atoms with Crippen LogP contribution in [-0.2, 0) is 0 Å². The number of hydrogen-bond acceptors (Lipinski definition) is 4. The minimum Gasteiger partial charge on any atom is -0.208 e. The number of benzene rings is 8. The van der Waals surface area contributed by atoms with Gasteiger partial charge in [0.05, 0.1) is 0 Å². The van der Waals surface area contributed by atoms with Crippen LogP contribution in [0.2, 0.25) is 0 Å². The topological polar surface area (TPSA) is 38.7 Å². The van der Waals surface area contributed by atoms with Crippen LogP contribution in [0, 0.1) is 0 Å². The summed E-state index contributed by atoms with van der Waals surface area (Å²) in [4.78, 5) is 18.2. The maximum absolute atomic E-state index is 5.30. The standard InChI is InChI=1S/C52H35N3S/c1-5-17-35(18-6-1)40-31-41(36-19-7-2-8-20-36)33-42(32-40)39-29-30-43(49-44-25-13-15-27-47(44)56-48-28-16-14-26-45(48)49)46(34-39)52-54-50(37-21-9-3-10-22-37)53-51(55-52)38-23-11-4-12-24-38/h1-34,49H. The first kappa shape index (κ1) is 33.7. The van der Waals surface area contributed by atoms with E-state index in [1.54, 1.807) is 0 Å². The zero-order chi connectivity index (χ0) is 37.3. The van der Waals surface area contributed by atoms with Crippen molar-refractivity contribution in [2.24, 2.45) is 0 Å². The van der Waals surface area contributed by atoms with Crippen LogP contribution in [0.1, 0.15) is 22.6 Å². The highest BCUT2D eigenvalue weighted by atomic mass is 32.2. The van der Waals surface area contributed by atoms with E-state index < -0.39 is 0 Å². The van der Waals surface area contributed by atoms with Crippen molar-refractivity contribution in [3.8, 4) is 67.5 Å². The summed E-state index contributed by atoms with van der Waals surface area (Å²) in [5.74, 6) is 1.90. The van der Waals surface area contributed by atoms with Gasteiger partial charge in [-0.25, -0.2) is 15.0 Å². The highest BCUT2D eigenvalue weighted by molar-refractivity contribution is 7.99. The molecule has 0 fully saturated rings. The smallest absolute Gasteiger partial charge is 0.164 e. The van der Waals surface area contributed by atoms with Crippen LogP contribution >= 0.6 is 11.8 Å². The lowest BCUT2D eigenvalue weighted by Crippen LogP contribution is -2.12. The fourth-order valence-corrected chi connectivity index (χ4v) is 8.88.